The zero-order valence-electron chi connectivity index (χ0n) is 12.1. The molecule has 5 nitrogen and oxygen atoms in total. The van der Waals surface area contributed by atoms with Gasteiger partial charge in [-0.2, -0.15) is 5.10 Å². The van der Waals surface area contributed by atoms with Crippen molar-refractivity contribution in [3.8, 4) is 0 Å². The summed E-state index contributed by atoms with van der Waals surface area (Å²) in [6, 6.07) is 10.6. The molecular weight excluding hydrogens is 377 g/mol. The average Bonchev–Trinajstić information content (AvgIpc) is 3.10. The van der Waals surface area contributed by atoms with Gasteiger partial charge in [-0.05, 0) is 17.2 Å². The number of nitrogens with zero attached hydrogens (tertiary/aromatic N) is 4. The fourth-order valence-electron chi connectivity index (χ4n) is 2.25. The van der Waals surface area contributed by atoms with Crippen LogP contribution in [0.1, 0.15) is 11.1 Å². The number of hydrogen-bond acceptors (Lipinski definition) is 4. The zero-order chi connectivity index (χ0) is 13.8. The Morgan fingerprint density at radius 3 is 2.57 bits per heavy atom. The summed E-state index contributed by atoms with van der Waals surface area (Å²) in [6.45, 7) is 3.52. The minimum absolute atomic E-state index is 0. The smallest absolute Gasteiger partial charge is 0.194 e. The van der Waals surface area contributed by atoms with Gasteiger partial charge in [-0.3, -0.25) is 9.67 Å². The maximum Gasteiger partial charge on any atom is 0.194 e. The van der Waals surface area contributed by atoms with Crippen molar-refractivity contribution >= 4 is 29.9 Å². The van der Waals surface area contributed by atoms with Crippen molar-refractivity contribution < 1.29 is 0 Å². The fraction of sp³-hybridized carbons (Fsp3) is 0.333. The monoisotopic (exact) mass is 397 g/mol. The van der Waals surface area contributed by atoms with E-state index in [-0.39, 0.29) is 24.0 Å². The number of aliphatic imine (C=N–C) groups is 1. The zero-order valence-corrected chi connectivity index (χ0v) is 14.4. The van der Waals surface area contributed by atoms with Crippen molar-refractivity contribution in [1.82, 2.24) is 20.0 Å². The Morgan fingerprint density at radius 1 is 1.19 bits per heavy atom. The van der Waals surface area contributed by atoms with Gasteiger partial charge < -0.3 is 10.2 Å². The fourth-order valence-corrected chi connectivity index (χ4v) is 2.25. The first kappa shape index (κ1) is 15.8. The van der Waals surface area contributed by atoms with Gasteiger partial charge in [-0.1, -0.05) is 24.3 Å². The van der Waals surface area contributed by atoms with Crippen LogP contribution in [-0.4, -0.2) is 40.8 Å². The third-order valence-corrected chi connectivity index (χ3v) is 3.44. The summed E-state index contributed by atoms with van der Waals surface area (Å²) in [5.41, 5.74) is 2.52. The molecule has 0 saturated carbocycles. The van der Waals surface area contributed by atoms with Gasteiger partial charge in [-0.25, -0.2) is 0 Å². The Bertz CT molecular complexity index is 577. The van der Waals surface area contributed by atoms with Crippen molar-refractivity contribution in [3.63, 3.8) is 0 Å². The van der Waals surface area contributed by atoms with Crippen LogP contribution in [-0.2, 0) is 13.1 Å². The van der Waals surface area contributed by atoms with Crippen molar-refractivity contribution in [2.75, 3.05) is 20.1 Å². The van der Waals surface area contributed by atoms with Gasteiger partial charge in [0.25, 0.3) is 0 Å². The molecule has 1 aromatic heterocycles. The lowest BCUT2D eigenvalue weighted by Crippen LogP contribution is -2.35. The molecule has 112 valence electrons. The van der Waals surface area contributed by atoms with Gasteiger partial charge in [-0.15, -0.1) is 24.0 Å². The summed E-state index contributed by atoms with van der Waals surface area (Å²) in [4.78, 5) is 6.56. The molecule has 1 aliphatic heterocycles. The van der Waals surface area contributed by atoms with E-state index in [0.717, 1.165) is 32.1 Å². The predicted octanol–water partition coefficient (Wildman–Crippen LogP) is 1.94. The summed E-state index contributed by atoms with van der Waals surface area (Å²) in [6.07, 6.45) is 3.78. The Balaban J connectivity index is 0.00000161. The number of rotatable bonds is 4. The molecule has 2 heterocycles. The van der Waals surface area contributed by atoms with E-state index in [1.807, 2.05) is 16.9 Å². The molecule has 0 amide bonds. The van der Waals surface area contributed by atoms with Crippen LogP contribution in [0.3, 0.4) is 0 Å². The van der Waals surface area contributed by atoms with Crippen molar-refractivity contribution in [1.29, 1.82) is 0 Å². The lowest BCUT2D eigenvalue weighted by molar-refractivity contribution is 0.534. The molecule has 3 rings (SSSR count). The maximum atomic E-state index is 4.42. The lowest BCUT2D eigenvalue weighted by atomic mass is 10.1. The molecule has 0 radical (unpaired) electrons. The number of benzene rings is 1. The van der Waals surface area contributed by atoms with Crippen LogP contribution in [0.2, 0.25) is 0 Å². The van der Waals surface area contributed by atoms with E-state index < -0.39 is 0 Å². The van der Waals surface area contributed by atoms with Crippen LogP contribution in [0.5, 0.6) is 0 Å². The normalized spacial score (nSPS) is 13.8. The van der Waals surface area contributed by atoms with Gasteiger partial charge in [0.2, 0.25) is 0 Å². The quantitative estimate of drug-likeness (QED) is 0.803. The molecule has 21 heavy (non-hydrogen) atoms. The molecule has 0 aliphatic carbocycles. The first-order valence-electron chi connectivity index (χ1n) is 6.86. The maximum absolute atomic E-state index is 4.42. The van der Waals surface area contributed by atoms with Crippen LogP contribution in [0, 0.1) is 0 Å². The minimum Gasteiger partial charge on any atom is -0.352 e. The van der Waals surface area contributed by atoms with Gasteiger partial charge in [0.05, 0.1) is 13.1 Å². The molecular formula is C15H20IN5. The first-order chi connectivity index (χ1) is 9.81. The number of nitrogens with one attached hydrogen (secondary N) is 1. The molecule has 0 saturated heterocycles. The molecule has 1 N–H and O–H groups in total. The van der Waals surface area contributed by atoms with Crippen molar-refractivity contribution in [2.45, 2.75) is 13.1 Å². The van der Waals surface area contributed by atoms with Gasteiger partial charge >= 0.3 is 0 Å². The van der Waals surface area contributed by atoms with Crippen LogP contribution in [0.4, 0.5) is 0 Å². The Kier molecular flexibility index (Phi) is 5.60. The number of guanidine groups is 1. The van der Waals surface area contributed by atoms with Crippen LogP contribution >= 0.6 is 24.0 Å². The summed E-state index contributed by atoms with van der Waals surface area (Å²) in [7, 11) is 2.06. The molecule has 2 aromatic rings. The minimum atomic E-state index is 0. The Labute approximate surface area is 142 Å². The largest absolute Gasteiger partial charge is 0.352 e. The molecule has 1 aliphatic rings. The van der Waals surface area contributed by atoms with E-state index >= 15 is 0 Å². The van der Waals surface area contributed by atoms with Crippen molar-refractivity contribution in [3.05, 3.63) is 53.9 Å². The van der Waals surface area contributed by atoms with E-state index in [2.05, 4.69) is 51.6 Å². The molecule has 6 heteroatoms. The Hall–Kier alpha value is -1.57. The van der Waals surface area contributed by atoms with Gasteiger partial charge in [0.15, 0.2) is 5.96 Å². The van der Waals surface area contributed by atoms with Crippen LogP contribution < -0.4 is 5.32 Å². The van der Waals surface area contributed by atoms with Gasteiger partial charge in [0.1, 0.15) is 0 Å². The van der Waals surface area contributed by atoms with E-state index in [1.54, 1.807) is 6.20 Å². The van der Waals surface area contributed by atoms with E-state index in [0.29, 0.717) is 0 Å². The average molecular weight is 397 g/mol. The summed E-state index contributed by atoms with van der Waals surface area (Å²) in [5.74, 6) is 0.991. The number of aromatic nitrogens is 2. The van der Waals surface area contributed by atoms with E-state index in [1.165, 1.54) is 11.1 Å². The topological polar surface area (TPSA) is 45.5 Å². The second-order valence-electron chi connectivity index (χ2n) is 5.00. The molecule has 0 atom stereocenters. The second-order valence-corrected chi connectivity index (χ2v) is 5.00. The number of likely N-dealkylation sites (N-methyl/N-ethyl adjacent to an activating group) is 1. The molecule has 0 fully saturated rings. The Morgan fingerprint density at radius 2 is 1.95 bits per heavy atom. The third-order valence-electron chi connectivity index (χ3n) is 3.44. The summed E-state index contributed by atoms with van der Waals surface area (Å²) < 4.78 is 1.93. The lowest BCUT2D eigenvalue weighted by Gasteiger charge is -2.15. The summed E-state index contributed by atoms with van der Waals surface area (Å²) >= 11 is 0. The summed E-state index contributed by atoms with van der Waals surface area (Å²) in [5, 5.41) is 7.59. The van der Waals surface area contributed by atoms with Crippen molar-refractivity contribution in [2.24, 2.45) is 4.99 Å². The predicted molar refractivity (Wildman–Crippen MR) is 95.0 cm³/mol. The van der Waals surface area contributed by atoms with Crippen LogP contribution in [0.25, 0.3) is 0 Å². The highest BCUT2D eigenvalue weighted by Gasteiger charge is 2.10. The van der Waals surface area contributed by atoms with Crippen LogP contribution in [0.15, 0.2) is 47.7 Å². The standard InChI is InChI=1S/C15H19N5.HI/c1-19-10-8-16-15(19)17-11-13-3-5-14(6-4-13)12-20-9-2-7-18-20;/h2-7,9H,8,10-12H2,1H3,(H,16,17);1H. The second kappa shape index (κ2) is 7.44. The molecule has 0 unspecified atom stereocenters. The third kappa shape index (κ3) is 4.20. The highest BCUT2D eigenvalue weighted by molar-refractivity contribution is 14.0. The van der Waals surface area contributed by atoms with E-state index in [9.17, 15) is 0 Å². The molecule has 0 spiro atoms. The molecule has 0 bridgehead atoms. The highest BCUT2D eigenvalue weighted by atomic mass is 127. The highest BCUT2D eigenvalue weighted by Crippen LogP contribution is 2.06. The van der Waals surface area contributed by atoms with E-state index in [4.69, 9.17) is 0 Å². The number of hydrogen-bond donors (Lipinski definition) is 1. The molecule has 1 aromatic carbocycles. The SMILES string of the molecule is CN1CCN=C1NCc1ccc(Cn2cccn2)cc1.I. The van der Waals surface area contributed by atoms with Gasteiger partial charge in [0, 0.05) is 32.5 Å². The first-order valence-corrected chi connectivity index (χ1v) is 6.86. The number of halogens is 1.